The second kappa shape index (κ2) is 5.80. The Morgan fingerprint density at radius 2 is 2.28 bits per heavy atom. The summed E-state index contributed by atoms with van der Waals surface area (Å²) in [7, 11) is -0.744. The van der Waals surface area contributed by atoms with Gasteiger partial charge in [0.25, 0.3) is 0 Å². The van der Waals surface area contributed by atoms with Gasteiger partial charge in [0.15, 0.2) is 5.13 Å². The van der Waals surface area contributed by atoms with Crippen molar-refractivity contribution in [3.05, 3.63) is 23.8 Å². The molecule has 5 heteroatoms. The zero-order valence-corrected chi connectivity index (χ0v) is 12.5. The first-order chi connectivity index (χ1) is 8.58. The molecule has 0 saturated carbocycles. The molecule has 0 bridgehead atoms. The number of aromatic nitrogens is 1. The molecule has 1 aromatic carbocycles. The van der Waals surface area contributed by atoms with E-state index in [1.807, 2.05) is 6.92 Å². The van der Waals surface area contributed by atoms with Gasteiger partial charge < -0.3 is 5.32 Å². The van der Waals surface area contributed by atoms with Gasteiger partial charge in [-0.05, 0) is 25.0 Å². The predicted octanol–water partition coefficient (Wildman–Crippen LogP) is 3.17. The Morgan fingerprint density at radius 3 is 2.94 bits per heavy atom. The van der Waals surface area contributed by atoms with Crippen LogP contribution in [0, 0.1) is 6.92 Å². The van der Waals surface area contributed by atoms with Gasteiger partial charge in [-0.1, -0.05) is 30.4 Å². The molecule has 0 amide bonds. The van der Waals surface area contributed by atoms with Crippen molar-refractivity contribution in [2.45, 2.75) is 25.5 Å². The summed E-state index contributed by atoms with van der Waals surface area (Å²) in [6.07, 6.45) is 2.66. The number of anilines is 1. The van der Waals surface area contributed by atoms with E-state index < -0.39 is 10.8 Å². The van der Waals surface area contributed by atoms with Gasteiger partial charge >= 0.3 is 0 Å². The number of para-hydroxylation sites is 1. The third kappa shape index (κ3) is 3.09. The molecule has 98 valence electrons. The highest BCUT2D eigenvalue weighted by atomic mass is 32.2. The molecule has 0 aliphatic carbocycles. The lowest BCUT2D eigenvalue weighted by Crippen LogP contribution is -2.14. The van der Waals surface area contributed by atoms with Gasteiger partial charge in [0, 0.05) is 28.9 Å². The summed E-state index contributed by atoms with van der Waals surface area (Å²) in [6.45, 7) is 4.91. The topological polar surface area (TPSA) is 42.0 Å². The molecular weight excluding hydrogens is 264 g/mol. The van der Waals surface area contributed by atoms with E-state index in [9.17, 15) is 4.21 Å². The van der Waals surface area contributed by atoms with Gasteiger partial charge in [-0.25, -0.2) is 4.98 Å². The van der Waals surface area contributed by atoms with Crippen molar-refractivity contribution in [1.82, 2.24) is 4.98 Å². The van der Waals surface area contributed by atoms with Crippen molar-refractivity contribution in [2.75, 3.05) is 18.1 Å². The maximum Gasteiger partial charge on any atom is 0.183 e. The second-order valence-electron chi connectivity index (χ2n) is 4.47. The summed E-state index contributed by atoms with van der Waals surface area (Å²) in [6, 6.07) is 6.23. The molecule has 2 rings (SSSR count). The molecule has 0 spiro atoms. The molecule has 0 fully saturated rings. The number of nitrogens with zero attached hydrogens (tertiary/aromatic N) is 1. The molecule has 2 atom stereocenters. The SMILES string of the molecule is Cc1cccc2sc(NCCC(C)S(C)=O)nc12. The highest BCUT2D eigenvalue weighted by Gasteiger charge is 2.08. The lowest BCUT2D eigenvalue weighted by Gasteiger charge is -2.07. The van der Waals surface area contributed by atoms with E-state index in [2.05, 4.69) is 35.4 Å². The van der Waals surface area contributed by atoms with Crippen LogP contribution >= 0.6 is 11.3 Å². The molecule has 3 nitrogen and oxygen atoms in total. The molecule has 1 N–H and O–H groups in total. The van der Waals surface area contributed by atoms with E-state index in [1.165, 1.54) is 10.3 Å². The zero-order chi connectivity index (χ0) is 13.1. The molecule has 1 heterocycles. The smallest absolute Gasteiger partial charge is 0.183 e. The Bertz CT molecular complexity index is 565. The molecule has 0 aliphatic rings. The lowest BCUT2D eigenvalue weighted by molar-refractivity contribution is 0.672. The number of aryl methyl sites for hydroxylation is 1. The van der Waals surface area contributed by atoms with Crippen molar-refractivity contribution in [2.24, 2.45) is 0 Å². The molecule has 0 saturated heterocycles. The fraction of sp³-hybridized carbons (Fsp3) is 0.462. The number of nitrogens with one attached hydrogen (secondary N) is 1. The van der Waals surface area contributed by atoms with Crippen LogP contribution < -0.4 is 5.32 Å². The fourth-order valence-electron chi connectivity index (χ4n) is 1.71. The van der Waals surface area contributed by atoms with Crippen molar-refractivity contribution >= 4 is 37.5 Å². The summed E-state index contributed by atoms with van der Waals surface area (Å²) in [5.41, 5.74) is 2.29. The van der Waals surface area contributed by atoms with Crippen molar-refractivity contribution in [3.63, 3.8) is 0 Å². The minimum absolute atomic E-state index is 0.230. The van der Waals surface area contributed by atoms with Gasteiger partial charge in [0.05, 0.1) is 10.2 Å². The highest BCUT2D eigenvalue weighted by molar-refractivity contribution is 7.84. The number of benzene rings is 1. The monoisotopic (exact) mass is 282 g/mol. The number of hydrogen-bond donors (Lipinski definition) is 1. The predicted molar refractivity (Wildman–Crippen MR) is 81.0 cm³/mol. The van der Waals surface area contributed by atoms with Crippen LogP contribution in [0.25, 0.3) is 10.2 Å². The third-order valence-corrected chi connectivity index (χ3v) is 5.36. The minimum Gasteiger partial charge on any atom is -0.361 e. The van der Waals surface area contributed by atoms with Gasteiger partial charge in [0.1, 0.15) is 0 Å². The number of hydrogen-bond acceptors (Lipinski definition) is 4. The Hall–Kier alpha value is -0.940. The maximum absolute atomic E-state index is 11.2. The van der Waals surface area contributed by atoms with E-state index in [1.54, 1.807) is 17.6 Å². The molecule has 0 radical (unpaired) electrons. The number of thiazole rings is 1. The second-order valence-corrected chi connectivity index (χ2v) is 7.30. The summed E-state index contributed by atoms with van der Waals surface area (Å²) >= 11 is 1.67. The first kappa shape index (κ1) is 13.5. The largest absolute Gasteiger partial charge is 0.361 e. The van der Waals surface area contributed by atoms with Crippen LogP contribution in [0.4, 0.5) is 5.13 Å². The first-order valence-electron chi connectivity index (χ1n) is 6.00. The summed E-state index contributed by atoms with van der Waals surface area (Å²) in [5.74, 6) is 0. The Kier molecular flexibility index (Phi) is 4.35. The van der Waals surface area contributed by atoms with E-state index in [4.69, 9.17) is 0 Å². The normalized spacial score (nSPS) is 14.6. The van der Waals surface area contributed by atoms with Crippen LogP contribution in [0.3, 0.4) is 0 Å². The zero-order valence-electron chi connectivity index (χ0n) is 10.9. The Labute approximate surface area is 114 Å². The van der Waals surface area contributed by atoms with Crippen LogP contribution in [-0.4, -0.2) is 27.2 Å². The maximum atomic E-state index is 11.2. The number of fused-ring (bicyclic) bond motifs is 1. The van der Waals surface area contributed by atoms with E-state index in [-0.39, 0.29) is 5.25 Å². The van der Waals surface area contributed by atoms with E-state index >= 15 is 0 Å². The molecule has 2 unspecified atom stereocenters. The number of rotatable bonds is 5. The third-order valence-electron chi connectivity index (χ3n) is 3.01. The minimum atomic E-state index is -0.744. The van der Waals surface area contributed by atoms with Gasteiger partial charge in [-0.3, -0.25) is 4.21 Å². The van der Waals surface area contributed by atoms with Gasteiger partial charge in [-0.2, -0.15) is 0 Å². The van der Waals surface area contributed by atoms with Crippen molar-refractivity contribution in [1.29, 1.82) is 0 Å². The lowest BCUT2D eigenvalue weighted by atomic mass is 10.2. The van der Waals surface area contributed by atoms with E-state index in [0.717, 1.165) is 23.6 Å². The molecule has 0 aliphatic heterocycles. The van der Waals surface area contributed by atoms with E-state index in [0.29, 0.717) is 0 Å². The Balaban J connectivity index is 2.00. The Morgan fingerprint density at radius 1 is 1.50 bits per heavy atom. The van der Waals surface area contributed by atoms with Gasteiger partial charge in [0.2, 0.25) is 0 Å². The highest BCUT2D eigenvalue weighted by Crippen LogP contribution is 2.27. The van der Waals surface area contributed by atoms with Crippen molar-refractivity contribution in [3.8, 4) is 0 Å². The average Bonchev–Trinajstić information content (AvgIpc) is 2.73. The molecule has 2 aromatic rings. The summed E-state index contributed by atoms with van der Waals surface area (Å²) in [4.78, 5) is 4.59. The van der Waals surface area contributed by atoms with Crippen LogP contribution in [-0.2, 0) is 10.8 Å². The van der Waals surface area contributed by atoms with Crippen LogP contribution in [0.5, 0.6) is 0 Å². The first-order valence-corrected chi connectivity index (χ1v) is 8.44. The molecular formula is C13H18N2OS2. The summed E-state index contributed by atoms with van der Waals surface area (Å²) in [5, 5.41) is 4.50. The van der Waals surface area contributed by atoms with Crippen LogP contribution in [0.1, 0.15) is 18.9 Å². The van der Waals surface area contributed by atoms with Crippen LogP contribution in [0.15, 0.2) is 18.2 Å². The fourth-order valence-corrected chi connectivity index (χ4v) is 3.13. The van der Waals surface area contributed by atoms with Gasteiger partial charge in [-0.15, -0.1) is 0 Å². The van der Waals surface area contributed by atoms with Crippen molar-refractivity contribution < 1.29 is 4.21 Å². The molecule has 18 heavy (non-hydrogen) atoms. The standard InChI is InChI=1S/C13H18N2OS2/c1-9-5-4-6-11-12(9)15-13(17-11)14-8-7-10(2)18(3)16/h4-6,10H,7-8H2,1-3H3,(H,14,15). The summed E-state index contributed by atoms with van der Waals surface area (Å²) < 4.78 is 12.5. The molecule has 1 aromatic heterocycles. The quantitative estimate of drug-likeness (QED) is 0.916. The van der Waals surface area contributed by atoms with Crippen LogP contribution in [0.2, 0.25) is 0 Å². The average molecular weight is 282 g/mol.